The van der Waals surface area contributed by atoms with E-state index in [4.69, 9.17) is 11.6 Å². The predicted octanol–water partition coefficient (Wildman–Crippen LogP) is 1.10. The minimum Gasteiger partial charge on any atom is -0.368 e. The number of hydrogen-bond acceptors (Lipinski definition) is 4. The zero-order chi connectivity index (χ0) is 17.6. The van der Waals surface area contributed by atoms with Crippen LogP contribution in [-0.4, -0.2) is 62.5 Å². The number of hydrogen-bond donors (Lipinski definition) is 2. The zero-order valence-electron chi connectivity index (χ0n) is 14.3. The molecule has 0 spiro atoms. The van der Waals surface area contributed by atoms with Crippen LogP contribution in [0.1, 0.15) is 12.8 Å². The second-order valence-electron chi connectivity index (χ2n) is 6.61. The molecule has 2 aliphatic heterocycles. The summed E-state index contributed by atoms with van der Waals surface area (Å²) < 4.78 is 0. The Labute approximate surface area is 153 Å². The summed E-state index contributed by atoms with van der Waals surface area (Å²) >= 11 is 6.04. The van der Waals surface area contributed by atoms with Gasteiger partial charge in [-0.05, 0) is 37.6 Å². The van der Waals surface area contributed by atoms with Gasteiger partial charge in [0.25, 0.3) is 0 Å². The molecular weight excluding hydrogens is 340 g/mol. The highest BCUT2D eigenvalue weighted by Crippen LogP contribution is 2.20. The van der Waals surface area contributed by atoms with Gasteiger partial charge < -0.3 is 20.4 Å². The fraction of sp³-hybridized carbons (Fsp3) is 0.556. The fourth-order valence-corrected chi connectivity index (χ4v) is 3.57. The molecule has 2 amide bonds. The van der Waals surface area contributed by atoms with E-state index >= 15 is 0 Å². The van der Waals surface area contributed by atoms with Crippen molar-refractivity contribution in [3.05, 3.63) is 29.3 Å². The van der Waals surface area contributed by atoms with Crippen molar-refractivity contribution in [2.75, 3.05) is 50.7 Å². The molecule has 25 heavy (non-hydrogen) atoms. The maximum Gasteiger partial charge on any atom is 0.242 e. The molecule has 6 nitrogen and oxygen atoms in total. The summed E-state index contributed by atoms with van der Waals surface area (Å²) in [7, 11) is 0. The molecule has 2 N–H and O–H groups in total. The molecule has 136 valence electrons. The van der Waals surface area contributed by atoms with E-state index < -0.39 is 0 Å². The number of halogens is 1. The molecule has 2 heterocycles. The minimum atomic E-state index is -0.0156. The van der Waals surface area contributed by atoms with E-state index in [0.717, 1.165) is 43.2 Å². The molecule has 0 aromatic heterocycles. The smallest absolute Gasteiger partial charge is 0.242 e. The molecule has 0 aliphatic carbocycles. The number of amides is 2. The molecular formula is C18H25ClN4O2. The van der Waals surface area contributed by atoms with E-state index in [1.807, 2.05) is 29.2 Å². The zero-order valence-corrected chi connectivity index (χ0v) is 15.1. The van der Waals surface area contributed by atoms with Crippen LogP contribution < -0.4 is 15.5 Å². The molecule has 1 unspecified atom stereocenters. The molecule has 0 bridgehead atoms. The van der Waals surface area contributed by atoms with E-state index in [1.165, 1.54) is 0 Å². The summed E-state index contributed by atoms with van der Waals surface area (Å²) in [5.74, 6) is -0.0396. The van der Waals surface area contributed by atoms with Crippen LogP contribution in [0.5, 0.6) is 0 Å². The van der Waals surface area contributed by atoms with Gasteiger partial charge in [0.2, 0.25) is 11.8 Å². The second kappa shape index (κ2) is 8.54. The summed E-state index contributed by atoms with van der Waals surface area (Å²) in [6.45, 7) is 4.63. The van der Waals surface area contributed by atoms with Gasteiger partial charge in [-0.3, -0.25) is 9.59 Å². The first-order chi connectivity index (χ1) is 12.1. The Bertz CT molecular complexity index is 611. The van der Waals surface area contributed by atoms with Gasteiger partial charge in [-0.25, -0.2) is 0 Å². The maximum atomic E-state index is 12.3. The number of benzene rings is 1. The molecule has 2 saturated heterocycles. The number of piperidine rings is 1. The summed E-state index contributed by atoms with van der Waals surface area (Å²) in [5.41, 5.74) is 1.08. The lowest BCUT2D eigenvalue weighted by Gasteiger charge is -2.36. The first-order valence-corrected chi connectivity index (χ1v) is 9.28. The normalized spacial score (nSPS) is 21.1. The van der Waals surface area contributed by atoms with E-state index in [1.54, 1.807) is 0 Å². The van der Waals surface area contributed by atoms with Gasteiger partial charge in [0.15, 0.2) is 0 Å². The number of carbonyl (C=O) groups is 2. The topological polar surface area (TPSA) is 64.7 Å². The van der Waals surface area contributed by atoms with Crippen LogP contribution in [0.15, 0.2) is 24.3 Å². The summed E-state index contributed by atoms with van der Waals surface area (Å²) in [6.07, 6.45) is 1.91. The number of rotatable bonds is 4. The van der Waals surface area contributed by atoms with Gasteiger partial charge in [-0.15, -0.1) is 0 Å². The van der Waals surface area contributed by atoms with Crippen LogP contribution in [0.4, 0.5) is 5.69 Å². The molecule has 0 radical (unpaired) electrons. The van der Waals surface area contributed by atoms with Gasteiger partial charge in [-0.1, -0.05) is 17.7 Å². The van der Waals surface area contributed by atoms with Crippen LogP contribution in [0.2, 0.25) is 5.02 Å². The number of anilines is 1. The predicted molar refractivity (Wildman–Crippen MR) is 98.8 cm³/mol. The van der Waals surface area contributed by atoms with Crippen LogP contribution >= 0.6 is 11.6 Å². The second-order valence-corrected chi connectivity index (χ2v) is 7.05. The molecule has 7 heteroatoms. The van der Waals surface area contributed by atoms with Crippen molar-refractivity contribution in [1.82, 2.24) is 15.5 Å². The van der Waals surface area contributed by atoms with Crippen LogP contribution in [0.3, 0.4) is 0 Å². The van der Waals surface area contributed by atoms with Crippen LogP contribution in [0.25, 0.3) is 0 Å². The van der Waals surface area contributed by atoms with Gasteiger partial charge in [0.1, 0.15) is 0 Å². The van der Waals surface area contributed by atoms with Crippen molar-refractivity contribution in [2.45, 2.75) is 12.8 Å². The van der Waals surface area contributed by atoms with Crippen LogP contribution in [-0.2, 0) is 9.59 Å². The molecule has 0 saturated carbocycles. The lowest BCUT2D eigenvalue weighted by Crippen LogP contribution is -2.52. The number of piperazine rings is 1. The van der Waals surface area contributed by atoms with Crippen molar-refractivity contribution in [3.8, 4) is 0 Å². The van der Waals surface area contributed by atoms with E-state index in [9.17, 15) is 9.59 Å². The lowest BCUT2D eigenvalue weighted by atomic mass is 9.99. The average Bonchev–Trinajstić information content (AvgIpc) is 2.66. The quantitative estimate of drug-likeness (QED) is 0.840. The number of carbonyl (C=O) groups excluding carboxylic acids is 2. The lowest BCUT2D eigenvalue weighted by molar-refractivity contribution is -0.134. The highest BCUT2D eigenvalue weighted by atomic mass is 35.5. The van der Waals surface area contributed by atoms with Gasteiger partial charge in [0, 0.05) is 43.4 Å². The first-order valence-electron chi connectivity index (χ1n) is 8.90. The largest absolute Gasteiger partial charge is 0.368 e. The molecule has 1 aromatic carbocycles. The Morgan fingerprint density at radius 1 is 1.24 bits per heavy atom. The van der Waals surface area contributed by atoms with Crippen molar-refractivity contribution >= 4 is 29.1 Å². The monoisotopic (exact) mass is 364 g/mol. The molecule has 1 aromatic rings. The third kappa shape index (κ3) is 4.86. The summed E-state index contributed by atoms with van der Waals surface area (Å²) in [6, 6.07) is 7.76. The van der Waals surface area contributed by atoms with Gasteiger partial charge in [-0.2, -0.15) is 0 Å². The summed E-state index contributed by atoms with van der Waals surface area (Å²) in [5, 5.41) is 6.74. The van der Waals surface area contributed by atoms with Crippen LogP contribution in [0, 0.1) is 5.92 Å². The van der Waals surface area contributed by atoms with E-state index in [0.29, 0.717) is 19.6 Å². The van der Waals surface area contributed by atoms with Gasteiger partial charge in [0.05, 0.1) is 12.5 Å². The van der Waals surface area contributed by atoms with Crippen molar-refractivity contribution in [1.29, 1.82) is 0 Å². The number of nitrogens with one attached hydrogen (secondary N) is 2. The Morgan fingerprint density at radius 2 is 2.04 bits per heavy atom. The Hall–Kier alpha value is -1.79. The molecule has 2 aliphatic rings. The first kappa shape index (κ1) is 18.0. The standard InChI is InChI=1S/C18H25ClN4O2/c19-15-4-1-5-16(11-15)22-7-9-23(10-8-22)17(24)13-21-18(25)14-3-2-6-20-12-14/h1,4-5,11,14,20H,2-3,6-10,12-13H2,(H,21,25). The molecule has 2 fully saturated rings. The van der Waals surface area contributed by atoms with Gasteiger partial charge >= 0.3 is 0 Å². The van der Waals surface area contributed by atoms with E-state index in [2.05, 4.69) is 15.5 Å². The maximum absolute atomic E-state index is 12.3. The fourth-order valence-electron chi connectivity index (χ4n) is 3.38. The average molecular weight is 365 g/mol. The highest BCUT2D eigenvalue weighted by Gasteiger charge is 2.24. The Kier molecular flexibility index (Phi) is 6.15. The van der Waals surface area contributed by atoms with Crippen molar-refractivity contribution in [3.63, 3.8) is 0 Å². The number of nitrogens with zero attached hydrogens (tertiary/aromatic N) is 2. The Balaban J connectivity index is 1.43. The third-order valence-corrected chi connectivity index (χ3v) is 5.12. The molecule has 3 rings (SSSR count). The van der Waals surface area contributed by atoms with E-state index in [-0.39, 0.29) is 24.3 Å². The minimum absolute atomic E-state index is 0.0112. The third-order valence-electron chi connectivity index (χ3n) is 4.89. The molecule has 1 atom stereocenters. The van der Waals surface area contributed by atoms with Crippen molar-refractivity contribution in [2.24, 2.45) is 5.92 Å². The van der Waals surface area contributed by atoms with Crippen molar-refractivity contribution < 1.29 is 9.59 Å². The SMILES string of the molecule is O=C(NCC(=O)N1CCN(c2cccc(Cl)c2)CC1)C1CCCNC1. The Morgan fingerprint density at radius 3 is 2.72 bits per heavy atom. The highest BCUT2D eigenvalue weighted by molar-refractivity contribution is 6.30. The summed E-state index contributed by atoms with van der Waals surface area (Å²) in [4.78, 5) is 28.5.